The Morgan fingerprint density at radius 2 is 2.42 bits per heavy atom. The van der Waals surface area contributed by atoms with E-state index in [4.69, 9.17) is 9.47 Å². The summed E-state index contributed by atoms with van der Waals surface area (Å²) < 4.78 is 10.9. The average molecular weight is 166 g/mol. The number of rotatable bonds is 0. The highest BCUT2D eigenvalue weighted by Gasteiger charge is 2.85. The minimum Gasteiger partial charge on any atom is -0.461 e. The van der Waals surface area contributed by atoms with Gasteiger partial charge in [-0.2, -0.15) is 0 Å². The summed E-state index contributed by atoms with van der Waals surface area (Å²) in [4.78, 5) is 11.3. The molecule has 0 N–H and O–H groups in total. The predicted octanol–water partition coefficient (Wildman–Crippen LogP) is 0.335. The summed E-state index contributed by atoms with van der Waals surface area (Å²) in [5.74, 6) is 1.09. The molecule has 0 amide bonds. The van der Waals surface area contributed by atoms with Crippen LogP contribution in [0.2, 0.25) is 0 Å². The van der Waals surface area contributed by atoms with Crippen LogP contribution in [0.4, 0.5) is 0 Å². The van der Waals surface area contributed by atoms with Crippen LogP contribution >= 0.6 is 0 Å². The van der Waals surface area contributed by atoms with Crippen molar-refractivity contribution in [3.8, 4) is 0 Å². The molecule has 2 heterocycles. The molecule has 4 fully saturated rings. The standard InChI is InChI=1S/C9H10O3/c1-3-7-6-4(8(10)11-7)2-5-9(3,6)12-5/h3-7H,2H2,1H3. The van der Waals surface area contributed by atoms with Gasteiger partial charge in [-0.05, 0) is 6.42 Å². The quantitative estimate of drug-likeness (QED) is 0.384. The van der Waals surface area contributed by atoms with E-state index in [1.165, 1.54) is 0 Å². The molecule has 2 saturated carbocycles. The van der Waals surface area contributed by atoms with Crippen molar-refractivity contribution in [3.05, 3.63) is 0 Å². The molecule has 0 aromatic heterocycles. The summed E-state index contributed by atoms with van der Waals surface area (Å²) in [6, 6.07) is 0. The van der Waals surface area contributed by atoms with Gasteiger partial charge in [0, 0.05) is 11.8 Å². The minimum absolute atomic E-state index is 0.0320. The summed E-state index contributed by atoms with van der Waals surface area (Å²) in [6.07, 6.45) is 1.51. The van der Waals surface area contributed by atoms with Gasteiger partial charge in [0.15, 0.2) is 0 Å². The van der Waals surface area contributed by atoms with Crippen LogP contribution in [-0.4, -0.2) is 23.8 Å². The van der Waals surface area contributed by atoms with Gasteiger partial charge < -0.3 is 9.47 Å². The number of ether oxygens (including phenoxy) is 2. The molecule has 64 valence electrons. The summed E-state index contributed by atoms with van der Waals surface area (Å²) >= 11 is 0. The predicted molar refractivity (Wildman–Crippen MR) is 38.2 cm³/mol. The Bertz CT molecular complexity index is 300. The summed E-state index contributed by atoms with van der Waals surface area (Å²) in [6.45, 7) is 2.14. The van der Waals surface area contributed by atoms with E-state index in [-0.39, 0.29) is 23.6 Å². The second-order valence-corrected chi connectivity index (χ2v) is 4.52. The Morgan fingerprint density at radius 3 is 3.25 bits per heavy atom. The van der Waals surface area contributed by atoms with Crippen LogP contribution in [0, 0.1) is 17.8 Å². The van der Waals surface area contributed by atoms with Crippen LogP contribution in [0.1, 0.15) is 13.3 Å². The smallest absolute Gasteiger partial charge is 0.309 e. The van der Waals surface area contributed by atoms with Gasteiger partial charge in [0.1, 0.15) is 11.7 Å². The lowest BCUT2D eigenvalue weighted by Crippen LogP contribution is -2.55. The lowest BCUT2D eigenvalue weighted by atomic mass is 9.62. The van der Waals surface area contributed by atoms with Crippen molar-refractivity contribution in [3.63, 3.8) is 0 Å². The Morgan fingerprint density at radius 1 is 1.58 bits per heavy atom. The maximum Gasteiger partial charge on any atom is 0.309 e. The van der Waals surface area contributed by atoms with Crippen molar-refractivity contribution < 1.29 is 14.3 Å². The van der Waals surface area contributed by atoms with Crippen molar-refractivity contribution in [2.75, 3.05) is 0 Å². The fourth-order valence-corrected chi connectivity index (χ4v) is 3.71. The molecule has 0 aromatic carbocycles. The zero-order valence-electron chi connectivity index (χ0n) is 6.82. The Kier molecular flexibility index (Phi) is 0.661. The Hall–Kier alpha value is -0.570. The molecular formula is C9H10O3. The molecule has 3 nitrogen and oxygen atoms in total. The first-order valence-electron chi connectivity index (χ1n) is 4.63. The third-order valence-corrected chi connectivity index (χ3v) is 4.33. The number of epoxide rings is 1. The third-order valence-electron chi connectivity index (χ3n) is 4.33. The van der Waals surface area contributed by atoms with Crippen LogP contribution in [0.5, 0.6) is 0 Å². The summed E-state index contributed by atoms with van der Waals surface area (Å²) in [5, 5.41) is 0. The molecule has 0 aromatic rings. The van der Waals surface area contributed by atoms with Gasteiger partial charge in [-0.25, -0.2) is 0 Å². The highest BCUT2D eigenvalue weighted by atomic mass is 16.6. The molecule has 4 rings (SSSR count). The van der Waals surface area contributed by atoms with Crippen LogP contribution in [0.25, 0.3) is 0 Å². The second kappa shape index (κ2) is 1.33. The van der Waals surface area contributed by atoms with Crippen molar-refractivity contribution >= 4 is 5.97 Å². The molecule has 12 heavy (non-hydrogen) atoms. The fraction of sp³-hybridized carbons (Fsp3) is 0.889. The maximum absolute atomic E-state index is 11.3. The van der Waals surface area contributed by atoms with Crippen molar-refractivity contribution in [2.24, 2.45) is 17.8 Å². The number of hydrogen-bond acceptors (Lipinski definition) is 3. The number of carbonyl (C=O) groups is 1. The van der Waals surface area contributed by atoms with Crippen LogP contribution < -0.4 is 0 Å². The molecule has 2 saturated heterocycles. The average Bonchev–Trinajstić information content (AvgIpc) is 2.60. The van der Waals surface area contributed by atoms with E-state index in [2.05, 4.69) is 6.92 Å². The first-order chi connectivity index (χ1) is 5.75. The second-order valence-electron chi connectivity index (χ2n) is 4.52. The zero-order chi connectivity index (χ0) is 8.09. The SMILES string of the molecule is CC1C2OC(=O)C3CC4OC41C32. The Balaban J connectivity index is 1.86. The zero-order valence-corrected chi connectivity index (χ0v) is 6.82. The van der Waals surface area contributed by atoms with Crippen LogP contribution in [-0.2, 0) is 14.3 Å². The largest absolute Gasteiger partial charge is 0.461 e. The van der Waals surface area contributed by atoms with Gasteiger partial charge >= 0.3 is 5.97 Å². The third kappa shape index (κ3) is 0.339. The van der Waals surface area contributed by atoms with Gasteiger partial charge in [-0.15, -0.1) is 0 Å². The van der Waals surface area contributed by atoms with E-state index in [1.807, 2.05) is 0 Å². The fourth-order valence-electron chi connectivity index (χ4n) is 3.71. The van der Waals surface area contributed by atoms with E-state index in [1.54, 1.807) is 0 Å². The molecule has 0 radical (unpaired) electrons. The van der Waals surface area contributed by atoms with Gasteiger partial charge in [0.25, 0.3) is 0 Å². The lowest BCUT2D eigenvalue weighted by Gasteiger charge is -2.42. The summed E-state index contributed by atoms with van der Waals surface area (Å²) in [7, 11) is 0. The van der Waals surface area contributed by atoms with Gasteiger partial charge in [0.2, 0.25) is 0 Å². The molecular weight excluding hydrogens is 156 g/mol. The van der Waals surface area contributed by atoms with Crippen molar-refractivity contribution in [2.45, 2.75) is 31.2 Å². The highest BCUT2D eigenvalue weighted by Crippen LogP contribution is 2.72. The summed E-state index contributed by atoms with van der Waals surface area (Å²) in [5.41, 5.74) is 0.0987. The van der Waals surface area contributed by atoms with E-state index in [9.17, 15) is 4.79 Å². The molecule has 6 atom stereocenters. The van der Waals surface area contributed by atoms with Crippen LogP contribution in [0.3, 0.4) is 0 Å². The van der Waals surface area contributed by atoms with Crippen molar-refractivity contribution in [1.29, 1.82) is 0 Å². The molecule has 4 aliphatic rings. The number of esters is 1. The molecule has 2 aliphatic carbocycles. The monoisotopic (exact) mass is 166 g/mol. The molecule has 6 unspecified atom stereocenters. The molecule has 0 bridgehead atoms. The number of hydrogen-bond donors (Lipinski definition) is 0. The molecule has 1 spiro atoms. The van der Waals surface area contributed by atoms with Crippen LogP contribution in [0.15, 0.2) is 0 Å². The van der Waals surface area contributed by atoms with E-state index >= 15 is 0 Å². The van der Waals surface area contributed by atoms with E-state index in [0.717, 1.165) is 6.42 Å². The normalized spacial score (nSPS) is 69.8. The highest BCUT2D eigenvalue weighted by molar-refractivity contribution is 5.78. The van der Waals surface area contributed by atoms with Crippen molar-refractivity contribution in [1.82, 2.24) is 0 Å². The number of carbonyl (C=O) groups excluding carboxylic acids is 1. The van der Waals surface area contributed by atoms with Gasteiger partial charge in [0.05, 0.1) is 12.0 Å². The van der Waals surface area contributed by atoms with Gasteiger partial charge in [-0.3, -0.25) is 4.79 Å². The maximum atomic E-state index is 11.3. The van der Waals surface area contributed by atoms with Gasteiger partial charge in [-0.1, -0.05) is 6.92 Å². The first-order valence-corrected chi connectivity index (χ1v) is 4.63. The van der Waals surface area contributed by atoms with E-state index < -0.39 is 0 Å². The molecule has 3 heteroatoms. The lowest BCUT2D eigenvalue weighted by molar-refractivity contribution is -0.151. The Labute approximate surface area is 70.0 Å². The minimum atomic E-state index is 0.0320. The molecule has 2 aliphatic heterocycles. The van der Waals surface area contributed by atoms with E-state index in [0.29, 0.717) is 17.9 Å². The topological polar surface area (TPSA) is 38.8 Å². The first kappa shape index (κ1) is 5.97.